The third-order valence-electron chi connectivity index (χ3n) is 5.33. The summed E-state index contributed by atoms with van der Waals surface area (Å²) in [6.45, 7) is 0.579. The first-order valence-corrected chi connectivity index (χ1v) is 10.6. The van der Waals surface area contributed by atoms with Crippen LogP contribution < -0.4 is 0 Å². The van der Waals surface area contributed by atoms with Crippen molar-refractivity contribution in [3.05, 3.63) is 106 Å². The highest BCUT2D eigenvalue weighted by molar-refractivity contribution is 5.84. The fourth-order valence-corrected chi connectivity index (χ4v) is 3.48. The number of aryl methyl sites for hydroxylation is 2. The van der Waals surface area contributed by atoms with Gasteiger partial charge in [0.1, 0.15) is 17.5 Å². The smallest absolute Gasteiger partial charge is 0.166 e. The zero-order chi connectivity index (χ0) is 24.1. The maximum atomic E-state index is 14.6. The van der Waals surface area contributed by atoms with Crippen LogP contribution >= 0.6 is 0 Å². The Morgan fingerprint density at radius 3 is 2.21 bits per heavy atom. The highest BCUT2D eigenvalue weighted by Gasteiger charge is 2.11. The van der Waals surface area contributed by atoms with E-state index in [1.165, 1.54) is 36.4 Å². The van der Waals surface area contributed by atoms with E-state index in [0.29, 0.717) is 48.2 Å². The SMILES string of the molecule is COCCc1cnc(CCc2cc(F)c(C#Cc3ccc4c(F)c(F)ccc4c3)c(F)c2)nc1. The van der Waals surface area contributed by atoms with Crippen molar-refractivity contribution >= 4 is 10.8 Å². The minimum absolute atomic E-state index is 0.112. The van der Waals surface area contributed by atoms with Gasteiger partial charge in [-0.05, 0) is 59.7 Å². The van der Waals surface area contributed by atoms with E-state index in [1.807, 2.05) is 0 Å². The Hall–Kier alpha value is -3.76. The molecule has 0 saturated carbocycles. The normalized spacial score (nSPS) is 10.9. The van der Waals surface area contributed by atoms with Crippen molar-refractivity contribution in [3.8, 4) is 11.8 Å². The molecule has 0 aliphatic heterocycles. The molecular formula is C27H20F4N2O. The van der Waals surface area contributed by atoms with E-state index in [4.69, 9.17) is 4.74 Å². The zero-order valence-electron chi connectivity index (χ0n) is 18.3. The number of aromatic nitrogens is 2. The average molecular weight is 464 g/mol. The third-order valence-corrected chi connectivity index (χ3v) is 5.33. The highest BCUT2D eigenvalue weighted by Crippen LogP contribution is 2.22. The van der Waals surface area contributed by atoms with Gasteiger partial charge in [0.25, 0.3) is 0 Å². The Balaban J connectivity index is 1.47. The van der Waals surface area contributed by atoms with Crippen LogP contribution in [-0.4, -0.2) is 23.7 Å². The molecule has 0 spiro atoms. The number of nitrogens with zero attached hydrogens (tertiary/aromatic N) is 2. The largest absolute Gasteiger partial charge is 0.384 e. The monoisotopic (exact) mass is 464 g/mol. The van der Waals surface area contributed by atoms with Gasteiger partial charge >= 0.3 is 0 Å². The minimum Gasteiger partial charge on any atom is -0.384 e. The van der Waals surface area contributed by atoms with Gasteiger partial charge < -0.3 is 4.74 Å². The lowest BCUT2D eigenvalue weighted by Crippen LogP contribution is -2.02. The summed E-state index contributed by atoms with van der Waals surface area (Å²) in [7, 11) is 1.62. The van der Waals surface area contributed by atoms with Gasteiger partial charge in [0, 0.05) is 36.9 Å². The quantitative estimate of drug-likeness (QED) is 0.277. The Bertz CT molecular complexity index is 1370. The molecule has 0 radical (unpaired) electrons. The van der Waals surface area contributed by atoms with Gasteiger partial charge in [-0.3, -0.25) is 0 Å². The molecule has 1 aromatic heterocycles. The first-order valence-electron chi connectivity index (χ1n) is 10.6. The topological polar surface area (TPSA) is 35.0 Å². The van der Waals surface area contributed by atoms with Crippen LogP contribution in [0.15, 0.2) is 54.9 Å². The molecule has 0 unspecified atom stereocenters. The molecule has 0 aliphatic carbocycles. The van der Waals surface area contributed by atoms with Gasteiger partial charge in [0.15, 0.2) is 11.6 Å². The van der Waals surface area contributed by atoms with E-state index in [1.54, 1.807) is 19.5 Å². The van der Waals surface area contributed by atoms with Crippen molar-refractivity contribution in [3.63, 3.8) is 0 Å². The van der Waals surface area contributed by atoms with Crippen LogP contribution in [0.3, 0.4) is 0 Å². The summed E-state index contributed by atoms with van der Waals surface area (Å²) in [5.41, 5.74) is 1.49. The number of halogens is 4. The van der Waals surface area contributed by atoms with Gasteiger partial charge in [-0.15, -0.1) is 0 Å². The van der Waals surface area contributed by atoms with Gasteiger partial charge in [-0.1, -0.05) is 24.0 Å². The maximum Gasteiger partial charge on any atom is 0.166 e. The second-order valence-corrected chi connectivity index (χ2v) is 7.73. The minimum atomic E-state index is -0.947. The van der Waals surface area contributed by atoms with Gasteiger partial charge in [-0.2, -0.15) is 0 Å². The molecule has 4 aromatic rings. The predicted molar refractivity (Wildman–Crippen MR) is 121 cm³/mol. The molecule has 4 rings (SSSR count). The molecule has 0 atom stereocenters. The van der Waals surface area contributed by atoms with Gasteiger partial charge in [-0.25, -0.2) is 27.5 Å². The van der Waals surface area contributed by atoms with Crippen LogP contribution in [0.2, 0.25) is 0 Å². The van der Waals surface area contributed by atoms with Crippen LogP contribution in [0.25, 0.3) is 10.8 Å². The summed E-state index contributed by atoms with van der Waals surface area (Å²) in [5.74, 6) is 2.35. The van der Waals surface area contributed by atoms with Gasteiger partial charge in [0.05, 0.1) is 12.2 Å². The van der Waals surface area contributed by atoms with Crippen molar-refractivity contribution in [2.75, 3.05) is 13.7 Å². The molecule has 7 heteroatoms. The van der Waals surface area contributed by atoms with Crippen LogP contribution in [0.4, 0.5) is 17.6 Å². The third kappa shape index (κ3) is 5.41. The number of hydrogen-bond acceptors (Lipinski definition) is 3. The molecule has 0 N–H and O–H groups in total. The Morgan fingerprint density at radius 1 is 0.765 bits per heavy atom. The van der Waals surface area contributed by atoms with E-state index in [9.17, 15) is 17.6 Å². The van der Waals surface area contributed by atoms with E-state index in [0.717, 1.165) is 11.6 Å². The standard InChI is InChI=1S/C27H20F4N2O/c1-34-11-10-19-15-32-26(33-16-19)9-4-18-13-24(29)22(25(30)14-18)7-3-17-2-6-21-20(12-17)5-8-23(28)27(21)31/h2,5-6,8,12-16H,4,9-11H2,1H3. The molecule has 0 bridgehead atoms. The van der Waals surface area contributed by atoms with Gasteiger partial charge in [0.2, 0.25) is 0 Å². The Kier molecular flexibility index (Phi) is 7.19. The fraction of sp³-hybridized carbons (Fsp3) is 0.185. The number of ether oxygens (including phenoxy) is 1. The first-order chi connectivity index (χ1) is 16.4. The lowest BCUT2D eigenvalue weighted by molar-refractivity contribution is 0.202. The molecule has 3 aromatic carbocycles. The summed E-state index contributed by atoms with van der Waals surface area (Å²) in [4.78, 5) is 8.57. The second-order valence-electron chi connectivity index (χ2n) is 7.73. The molecule has 0 aliphatic rings. The van der Waals surface area contributed by atoms with Crippen LogP contribution in [0, 0.1) is 35.1 Å². The van der Waals surface area contributed by atoms with E-state index >= 15 is 0 Å². The molecule has 0 saturated heterocycles. The fourth-order valence-electron chi connectivity index (χ4n) is 3.48. The van der Waals surface area contributed by atoms with Crippen molar-refractivity contribution < 1.29 is 22.3 Å². The van der Waals surface area contributed by atoms with E-state index in [-0.39, 0.29) is 10.9 Å². The summed E-state index contributed by atoms with van der Waals surface area (Å²) in [6, 6.07) is 9.34. The lowest BCUT2D eigenvalue weighted by atomic mass is 10.0. The number of hydrogen-bond donors (Lipinski definition) is 0. The molecule has 1 heterocycles. The first kappa shape index (κ1) is 23.4. The Morgan fingerprint density at radius 2 is 1.50 bits per heavy atom. The summed E-state index contributed by atoms with van der Waals surface area (Å²) in [5, 5.41) is 0.553. The lowest BCUT2D eigenvalue weighted by Gasteiger charge is -2.05. The molecule has 0 amide bonds. The van der Waals surface area contributed by atoms with E-state index < -0.39 is 23.3 Å². The summed E-state index contributed by atoms with van der Waals surface area (Å²) >= 11 is 0. The number of fused-ring (bicyclic) bond motifs is 1. The second kappa shape index (κ2) is 10.4. The molecule has 34 heavy (non-hydrogen) atoms. The number of methoxy groups -OCH3 is 1. The van der Waals surface area contributed by atoms with Crippen molar-refractivity contribution in [1.29, 1.82) is 0 Å². The number of rotatable bonds is 6. The maximum absolute atomic E-state index is 14.6. The summed E-state index contributed by atoms with van der Waals surface area (Å²) in [6.07, 6.45) is 4.95. The molecule has 0 fully saturated rings. The predicted octanol–water partition coefficient (Wildman–Crippen LogP) is 5.56. The van der Waals surface area contributed by atoms with Crippen molar-refractivity contribution in [1.82, 2.24) is 9.97 Å². The Labute approximate surface area is 194 Å². The van der Waals surface area contributed by atoms with Crippen LogP contribution in [0.1, 0.15) is 28.1 Å². The zero-order valence-corrected chi connectivity index (χ0v) is 18.3. The van der Waals surface area contributed by atoms with Crippen molar-refractivity contribution in [2.45, 2.75) is 19.3 Å². The summed E-state index contributed by atoms with van der Waals surface area (Å²) < 4.78 is 61.4. The van der Waals surface area contributed by atoms with Crippen LogP contribution in [0.5, 0.6) is 0 Å². The highest BCUT2D eigenvalue weighted by atomic mass is 19.2. The van der Waals surface area contributed by atoms with E-state index in [2.05, 4.69) is 21.8 Å². The number of benzene rings is 3. The molecule has 172 valence electrons. The van der Waals surface area contributed by atoms with Crippen molar-refractivity contribution in [2.24, 2.45) is 0 Å². The molecular weight excluding hydrogens is 444 g/mol. The van der Waals surface area contributed by atoms with Crippen LogP contribution in [-0.2, 0) is 24.0 Å². The average Bonchev–Trinajstić information content (AvgIpc) is 2.84. The molecule has 3 nitrogen and oxygen atoms in total.